The molecule has 0 aliphatic carbocycles. The summed E-state index contributed by atoms with van der Waals surface area (Å²) in [6, 6.07) is 2.18. The van der Waals surface area contributed by atoms with E-state index >= 15 is 0 Å². The third kappa shape index (κ3) is 2.36. The zero-order chi connectivity index (χ0) is 13.2. The van der Waals surface area contributed by atoms with Gasteiger partial charge in [-0.25, -0.2) is 9.18 Å². The second-order valence-corrected chi connectivity index (χ2v) is 2.95. The van der Waals surface area contributed by atoms with Crippen LogP contribution in [0.2, 0.25) is 0 Å². The number of carbonyl (C=O) groups excluding carboxylic acids is 1. The van der Waals surface area contributed by atoms with E-state index < -0.39 is 34.7 Å². The third-order valence-electron chi connectivity index (χ3n) is 1.96. The smallest absolute Gasteiger partial charge is 0.417 e. The highest BCUT2D eigenvalue weighted by molar-refractivity contribution is 5.90. The molecule has 0 aromatic heterocycles. The molecule has 1 aromatic rings. The summed E-state index contributed by atoms with van der Waals surface area (Å²) in [5, 5.41) is 8.50. The topological polar surface area (TPSA) is 50.1 Å². The third-order valence-corrected chi connectivity index (χ3v) is 1.96. The van der Waals surface area contributed by atoms with Crippen LogP contribution >= 0.6 is 0 Å². The van der Waals surface area contributed by atoms with E-state index in [1.165, 1.54) is 0 Å². The number of esters is 1. The molecule has 0 atom stereocenters. The predicted octanol–water partition coefficient (Wildman–Crippen LogP) is 2.50. The summed E-state index contributed by atoms with van der Waals surface area (Å²) < 4.78 is 54.8. The van der Waals surface area contributed by atoms with Crippen molar-refractivity contribution in [2.75, 3.05) is 7.11 Å². The van der Waals surface area contributed by atoms with Crippen molar-refractivity contribution in [3.8, 4) is 6.07 Å². The Morgan fingerprint density at radius 3 is 2.41 bits per heavy atom. The van der Waals surface area contributed by atoms with E-state index in [2.05, 4.69) is 4.74 Å². The van der Waals surface area contributed by atoms with Crippen molar-refractivity contribution in [3.05, 3.63) is 34.6 Å². The Labute approximate surface area is 93.2 Å². The molecule has 0 saturated carbocycles. The monoisotopic (exact) mass is 247 g/mol. The Bertz CT molecular complexity index is 502. The molecule has 0 aliphatic heterocycles. The lowest BCUT2D eigenvalue weighted by atomic mass is 10.0. The van der Waals surface area contributed by atoms with E-state index in [1.807, 2.05) is 0 Å². The molecule has 0 radical (unpaired) electrons. The summed E-state index contributed by atoms with van der Waals surface area (Å²) >= 11 is 0. The molecule has 17 heavy (non-hydrogen) atoms. The number of hydrogen-bond acceptors (Lipinski definition) is 3. The lowest BCUT2D eigenvalue weighted by Gasteiger charge is -2.10. The number of hydrogen-bond donors (Lipinski definition) is 0. The van der Waals surface area contributed by atoms with Gasteiger partial charge in [-0.15, -0.1) is 0 Å². The molecular formula is C10H5F4NO2. The Kier molecular flexibility index (Phi) is 3.36. The highest BCUT2D eigenvalue weighted by atomic mass is 19.4. The van der Waals surface area contributed by atoms with Gasteiger partial charge in [-0.1, -0.05) is 0 Å². The van der Waals surface area contributed by atoms with Gasteiger partial charge in [0, 0.05) is 0 Å². The first kappa shape index (κ1) is 13.0. The second-order valence-electron chi connectivity index (χ2n) is 2.95. The second kappa shape index (κ2) is 4.41. The predicted molar refractivity (Wildman–Crippen MR) is 47.5 cm³/mol. The molecule has 0 bridgehead atoms. The maximum absolute atomic E-state index is 13.5. The maximum atomic E-state index is 13.5. The van der Waals surface area contributed by atoms with Gasteiger partial charge in [0.1, 0.15) is 11.6 Å². The molecule has 0 heterocycles. The summed E-state index contributed by atoms with van der Waals surface area (Å²) in [5.41, 5.74) is -3.36. The van der Waals surface area contributed by atoms with Crippen molar-refractivity contribution in [1.82, 2.24) is 0 Å². The van der Waals surface area contributed by atoms with Crippen molar-refractivity contribution >= 4 is 5.97 Å². The number of carbonyl (C=O) groups is 1. The van der Waals surface area contributed by atoms with Crippen LogP contribution in [0.3, 0.4) is 0 Å². The number of halogens is 4. The van der Waals surface area contributed by atoms with E-state index in [0.29, 0.717) is 12.1 Å². The van der Waals surface area contributed by atoms with E-state index in [1.54, 1.807) is 0 Å². The van der Waals surface area contributed by atoms with Gasteiger partial charge in [-0.3, -0.25) is 0 Å². The minimum absolute atomic E-state index is 0.466. The van der Waals surface area contributed by atoms with Crippen molar-refractivity contribution in [2.24, 2.45) is 0 Å². The maximum Gasteiger partial charge on any atom is 0.417 e. The molecule has 3 nitrogen and oxygen atoms in total. The Morgan fingerprint density at radius 1 is 1.41 bits per heavy atom. The van der Waals surface area contributed by atoms with Gasteiger partial charge < -0.3 is 4.74 Å². The molecule has 0 aliphatic rings. The van der Waals surface area contributed by atoms with Gasteiger partial charge in [-0.05, 0) is 12.1 Å². The minimum Gasteiger partial charge on any atom is -0.465 e. The van der Waals surface area contributed by atoms with Gasteiger partial charge in [0.05, 0.1) is 18.2 Å². The highest BCUT2D eigenvalue weighted by Crippen LogP contribution is 2.33. The first-order chi connectivity index (χ1) is 7.82. The average Bonchev–Trinajstić information content (AvgIpc) is 2.26. The number of rotatable bonds is 1. The number of methoxy groups -OCH3 is 1. The molecule has 1 aromatic carbocycles. The molecule has 0 unspecified atom stereocenters. The summed E-state index contributed by atoms with van der Waals surface area (Å²) in [6.07, 6.45) is -4.86. The fourth-order valence-electron chi connectivity index (χ4n) is 1.19. The standard InChI is InChI=1S/C10H5F4NO2/c1-17-9(16)5-2-3-7(10(12,13)14)6(4-15)8(5)11/h2-3H,1H3. The average molecular weight is 247 g/mol. The lowest BCUT2D eigenvalue weighted by Crippen LogP contribution is -2.13. The zero-order valence-corrected chi connectivity index (χ0v) is 8.43. The van der Waals surface area contributed by atoms with Gasteiger partial charge in [0.25, 0.3) is 0 Å². The van der Waals surface area contributed by atoms with Crippen molar-refractivity contribution in [2.45, 2.75) is 6.18 Å². The Morgan fingerprint density at radius 2 is 2.00 bits per heavy atom. The van der Waals surface area contributed by atoms with Crippen LogP contribution in [-0.2, 0) is 10.9 Å². The highest BCUT2D eigenvalue weighted by Gasteiger charge is 2.36. The van der Waals surface area contributed by atoms with Gasteiger partial charge in [-0.2, -0.15) is 18.4 Å². The molecular weight excluding hydrogens is 242 g/mol. The van der Waals surface area contributed by atoms with E-state index in [4.69, 9.17) is 5.26 Å². The largest absolute Gasteiger partial charge is 0.465 e. The van der Waals surface area contributed by atoms with Gasteiger partial charge in [0.2, 0.25) is 0 Å². The SMILES string of the molecule is COC(=O)c1ccc(C(F)(F)F)c(C#N)c1F. The van der Waals surface area contributed by atoms with Crippen LogP contribution in [0.15, 0.2) is 12.1 Å². The minimum atomic E-state index is -4.86. The lowest BCUT2D eigenvalue weighted by molar-refractivity contribution is -0.138. The van der Waals surface area contributed by atoms with Crippen molar-refractivity contribution in [3.63, 3.8) is 0 Å². The molecule has 0 N–H and O–H groups in total. The fraction of sp³-hybridized carbons (Fsp3) is 0.200. The van der Waals surface area contributed by atoms with E-state index in [0.717, 1.165) is 13.2 Å². The molecule has 1 rings (SSSR count). The zero-order valence-electron chi connectivity index (χ0n) is 8.43. The number of ether oxygens (including phenoxy) is 1. The molecule has 0 amide bonds. The van der Waals surface area contributed by atoms with Crippen molar-refractivity contribution in [1.29, 1.82) is 5.26 Å². The molecule has 7 heteroatoms. The number of benzene rings is 1. The van der Waals surface area contributed by atoms with Crippen molar-refractivity contribution < 1.29 is 27.1 Å². The molecule has 0 fully saturated rings. The van der Waals surface area contributed by atoms with Crippen LogP contribution in [0.5, 0.6) is 0 Å². The summed E-state index contributed by atoms with van der Waals surface area (Å²) in [6.45, 7) is 0. The Hall–Kier alpha value is -2.10. The van der Waals surface area contributed by atoms with Crippen LogP contribution < -0.4 is 0 Å². The normalized spacial score (nSPS) is 10.8. The molecule has 90 valence electrons. The Balaban J connectivity index is 3.50. The van der Waals surface area contributed by atoms with E-state index in [9.17, 15) is 22.4 Å². The molecule has 0 saturated heterocycles. The summed E-state index contributed by atoms with van der Waals surface area (Å²) in [5.74, 6) is -2.68. The first-order valence-corrected chi connectivity index (χ1v) is 4.21. The van der Waals surface area contributed by atoms with Crippen LogP contribution in [0, 0.1) is 17.1 Å². The number of nitriles is 1. The van der Waals surface area contributed by atoms with Crippen LogP contribution in [0.1, 0.15) is 21.5 Å². The summed E-state index contributed by atoms with van der Waals surface area (Å²) in [4.78, 5) is 11.0. The fourth-order valence-corrected chi connectivity index (χ4v) is 1.19. The van der Waals surface area contributed by atoms with Gasteiger partial charge >= 0.3 is 12.1 Å². The number of alkyl halides is 3. The van der Waals surface area contributed by atoms with Crippen LogP contribution in [0.25, 0.3) is 0 Å². The quantitative estimate of drug-likeness (QED) is 0.566. The number of nitrogens with zero attached hydrogens (tertiary/aromatic N) is 1. The van der Waals surface area contributed by atoms with Crippen LogP contribution in [0.4, 0.5) is 17.6 Å². The van der Waals surface area contributed by atoms with E-state index in [-0.39, 0.29) is 0 Å². The van der Waals surface area contributed by atoms with Crippen LogP contribution in [-0.4, -0.2) is 13.1 Å². The summed E-state index contributed by atoms with van der Waals surface area (Å²) in [7, 11) is 0.950. The first-order valence-electron chi connectivity index (χ1n) is 4.21. The molecule has 0 spiro atoms. The van der Waals surface area contributed by atoms with Gasteiger partial charge in [0.15, 0.2) is 5.82 Å².